The summed E-state index contributed by atoms with van der Waals surface area (Å²) in [4.78, 5) is 44.1. The smallest absolute Gasteiger partial charge is 0.441 e. The summed E-state index contributed by atoms with van der Waals surface area (Å²) in [6.45, 7) is 2.53. The Morgan fingerprint density at radius 1 is 1.32 bits per heavy atom. The molecule has 10 heteroatoms. The van der Waals surface area contributed by atoms with Gasteiger partial charge in [0.2, 0.25) is 5.91 Å². The summed E-state index contributed by atoms with van der Waals surface area (Å²) in [5.41, 5.74) is 0.460. The van der Waals surface area contributed by atoms with E-state index < -0.39 is 41.2 Å². The van der Waals surface area contributed by atoms with Crippen molar-refractivity contribution in [1.82, 2.24) is 5.32 Å². The normalized spacial score (nSPS) is 19.8. The third kappa shape index (κ3) is 4.66. The van der Waals surface area contributed by atoms with Crippen molar-refractivity contribution in [1.29, 1.82) is 0 Å². The molecule has 2 rings (SSSR count). The minimum atomic E-state index is -1.01. The minimum Gasteiger partial charge on any atom is -0.441 e. The maximum Gasteiger partial charge on any atom is 0.508 e. The van der Waals surface area contributed by atoms with Gasteiger partial charge in [-0.15, -0.1) is 0 Å². The maximum atomic E-state index is 11.7. The fourth-order valence-corrected chi connectivity index (χ4v) is 2.22. The van der Waals surface area contributed by atoms with Gasteiger partial charge in [-0.3, -0.25) is 19.7 Å². The number of benzene rings is 1. The van der Waals surface area contributed by atoms with Crippen molar-refractivity contribution in [3.8, 4) is 0 Å². The van der Waals surface area contributed by atoms with Crippen molar-refractivity contribution in [2.24, 2.45) is 5.92 Å². The van der Waals surface area contributed by atoms with Crippen molar-refractivity contribution in [3.05, 3.63) is 39.9 Å². The van der Waals surface area contributed by atoms with E-state index in [0.29, 0.717) is 5.56 Å². The average molecular weight is 352 g/mol. The van der Waals surface area contributed by atoms with Crippen molar-refractivity contribution in [3.63, 3.8) is 0 Å². The molecule has 0 saturated carbocycles. The molecule has 0 aromatic heterocycles. The number of hydrogen-bond acceptors (Lipinski definition) is 8. The summed E-state index contributed by atoms with van der Waals surface area (Å²) < 4.78 is 14.8. The lowest BCUT2D eigenvalue weighted by atomic mass is 9.93. The summed E-state index contributed by atoms with van der Waals surface area (Å²) in [6.07, 6.45) is -2.71. The fraction of sp³-hybridized carbons (Fsp3) is 0.400. The molecule has 1 unspecified atom stereocenters. The number of nitrogens with zero attached hydrogens (tertiary/aromatic N) is 1. The molecule has 3 atom stereocenters. The first-order chi connectivity index (χ1) is 11.8. The van der Waals surface area contributed by atoms with Gasteiger partial charge in [0, 0.05) is 19.1 Å². The van der Waals surface area contributed by atoms with Gasteiger partial charge in [0.05, 0.1) is 4.92 Å². The largest absolute Gasteiger partial charge is 0.508 e. The second-order valence-corrected chi connectivity index (χ2v) is 5.35. The van der Waals surface area contributed by atoms with E-state index in [2.05, 4.69) is 5.32 Å². The van der Waals surface area contributed by atoms with Crippen molar-refractivity contribution >= 4 is 23.7 Å². The van der Waals surface area contributed by atoms with E-state index in [1.54, 1.807) is 0 Å². The summed E-state index contributed by atoms with van der Waals surface area (Å²) >= 11 is 0. The Balaban J connectivity index is 1.82. The number of carbonyl (C=O) groups excluding carboxylic acids is 3. The Labute approximate surface area is 142 Å². The number of β-lactam (4-membered cyclic amide) rings is 1. The van der Waals surface area contributed by atoms with Crippen molar-refractivity contribution in [2.45, 2.75) is 32.8 Å². The standard InChI is InChI=1S/C15H16N2O8/c1-8(12-13(19)16-14(12)25-9(2)18)24-15(20)23-7-10-3-5-11(6-4-10)17(21)22/h3-6,8,12,14H,7H2,1-2H3,(H,16,19)/t8-,12-,14?/m1/s1. The van der Waals surface area contributed by atoms with E-state index >= 15 is 0 Å². The van der Waals surface area contributed by atoms with E-state index in [0.717, 1.165) is 0 Å². The van der Waals surface area contributed by atoms with Crippen LogP contribution in [-0.4, -0.2) is 35.3 Å². The highest BCUT2D eigenvalue weighted by atomic mass is 16.7. The predicted octanol–water partition coefficient (Wildman–Crippen LogP) is 1.27. The zero-order valence-electron chi connectivity index (χ0n) is 13.5. The molecule has 25 heavy (non-hydrogen) atoms. The predicted molar refractivity (Wildman–Crippen MR) is 81.0 cm³/mol. The second kappa shape index (κ2) is 7.60. The van der Waals surface area contributed by atoms with Crippen molar-refractivity contribution in [2.75, 3.05) is 0 Å². The van der Waals surface area contributed by atoms with Gasteiger partial charge in [0.1, 0.15) is 18.6 Å². The molecular formula is C15H16N2O8. The molecule has 1 saturated heterocycles. The number of carbonyl (C=O) groups is 3. The molecule has 1 aliphatic rings. The van der Waals surface area contributed by atoms with Crippen LogP contribution in [0.25, 0.3) is 0 Å². The molecule has 1 aliphatic heterocycles. The second-order valence-electron chi connectivity index (χ2n) is 5.35. The first kappa shape index (κ1) is 18.2. The number of nitrogens with one attached hydrogen (secondary N) is 1. The number of nitro benzene ring substituents is 1. The Morgan fingerprint density at radius 2 is 1.96 bits per heavy atom. The Morgan fingerprint density at radius 3 is 2.48 bits per heavy atom. The number of hydrogen-bond donors (Lipinski definition) is 1. The third-order valence-corrected chi connectivity index (χ3v) is 3.50. The molecule has 1 aromatic carbocycles. The van der Waals surface area contributed by atoms with Crippen LogP contribution in [0.5, 0.6) is 0 Å². The summed E-state index contributed by atoms with van der Waals surface area (Å²) in [7, 11) is 0. The summed E-state index contributed by atoms with van der Waals surface area (Å²) in [5.74, 6) is -1.78. The molecule has 0 radical (unpaired) electrons. The van der Waals surface area contributed by atoms with Gasteiger partial charge < -0.3 is 19.5 Å². The highest BCUT2D eigenvalue weighted by Crippen LogP contribution is 2.23. The lowest BCUT2D eigenvalue weighted by Gasteiger charge is -2.38. The minimum absolute atomic E-state index is 0.0764. The van der Waals surface area contributed by atoms with Gasteiger partial charge in [-0.2, -0.15) is 0 Å². The summed E-state index contributed by atoms with van der Waals surface area (Å²) in [5, 5.41) is 12.9. The number of ether oxygens (including phenoxy) is 3. The van der Waals surface area contributed by atoms with Crippen LogP contribution in [0.2, 0.25) is 0 Å². The van der Waals surface area contributed by atoms with Gasteiger partial charge >= 0.3 is 12.1 Å². The molecule has 134 valence electrons. The molecule has 1 heterocycles. The number of non-ortho nitro benzene ring substituents is 1. The number of amides is 1. The highest BCUT2D eigenvalue weighted by Gasteiger charge is 2.47. The third-order valence-electron chi connectivity index (χ3n) is 3.50. The van der Waals surface area contributed by atoms with Crippen molar-refractivity contribution < 1.29 is 33.5 Å². The topological polar surface area (TPSA) is 134 Å². The first-order valence-corrected chi connectivity index (χ1v) is 7.32. The first-order valence-electron chi connectivity index (χ1n) is 7.32. The van der Waals surface area contributed by atoms with Crippen LogP contribution >= 0.6 is 0 Å². The maximum absolute atomic E-state index is 11.7. The van der Waals surface area contributed by atoms with Gasteiger partial charge in [0.15, 0.2) is 6.23 Å². The van der Waals surface area contributed by atoms with Gasteiger partial charge in [-0.1, -0.05) is 0 Å². The zero-order valence-corrected chi connectivity index (χ0v) is 13.5. The molecule has 0 bridgehead atoms. The van der Waals surface area contributed by atoms with Crippen LogP contribution in [0, 0.1) is 16.0 Å². The van der Waals surface area contributed by atoms with E-state index in [-0.39, 0.29) is 12.3 Å². The lowest BCUT2D eigenvalue weighted by Crippen LogP contribution is -2.63. The van der Waals surface area contributed by atoms with Gasteiger partial charge in [0.25, 0.3) is 5.69 Å². The zero-order chi connectivity index (χ0) is 18.6. The van der Waals surface area contributed by atoms with E-state index in [4.69, 9.17) is 14.2 Å². The van der Waals surface area contributed by atoms with Crippen LogP contribution < -0.4 is 5.32 Å². The Kier molecular flexibility index (Phi) is 5.52. The van der Waals surface area contributed by atoms with Crippen LogP contribution in [0.3, 0.4) is 0 Å². The Hall–Kier alpha value is -3.17. The van der Waals surface area contributed by atoms with Gasteiger partial charge in [-0.05, 0) is 24.6 Å². The van der Waals surface area contributed by atoms with Crippen LogP contribution in [0.4, 0.5) is 10.5 Å². The van der Waals surface area contributed by atoms with Crippen LogP contribution in [0.1, 0.15) is 19.4 Å². The number of esters is 1. The Bertz CT molecular complexity index is 687. The molecule has 0 spiro atoms. The average Bonchev–Trinajstić information content (AvgIpc) is 2.52. The fourth-order valence-electron chi connectivity index (χ4n) is 2.22. The number of rotatable bonds is 6. The molecule has 1 amide bonds. The molecular weight excluding hydrogens is 336 g/mol. The van der Waals surface area contributed by atoms with Crippen LogP contribution in [0.15, 0.2) is 24.3 Å². The van der Waals surface area contributed by atoms with Gasteiger partial charge in [-0.25, -0.2) is 4.79 Å². The van der Waals surface area contributed by atoms with E-state index in [1.165, 1.54) is 38.1 Å². The lowest BCUT2D eigenvalue weighted by molar-refractivity contribution is -0.384. The van der Waals surface area contributed by atoms with E-state index in [9.17, 15) is 24.5 Å². The van der Waals surface area contributed by atoms with E-state index in [1.807, 2.05) is 0 Å². The monoisotopic (exact) mass is 352 g/mol. The molecule has 10 nitrogen and oxygen atoms in total. The quantitative estimate of drug-likeness (QED) is 0.350. The molecule has 1 N–H and O–H groups in total. The molecule has 1 aromatic rings. The summed E-state index contributed by atoms with van der Waals surface area (Å²) in [6, 6.07) is 5.47. The number of nitro groups is 1. The highest BCUT2D eigenvalue weighted by molar-refractivity contribution is 5.87. The van der Waals surface area contributed by atoms with Crippen LogP contribution in [-0.2, 0) is 30.4 Å². The molecule has 1 fully saturated rings. The molecule has 0 aliphatic carbocycles. The SMILES string of the molecule is CC(=O)OC1NC(=O)[C@H]1[C@@H](C)OC(=O)OCc1ccc([N+](=O)[O-])cc1.